The Labute approximate surface area is 78.2 Å². The summed E-state index contributed by atoms with van der Waals surface area (Å²) in [5.74, 6) is 0.233. The van der Waals surface area contributed by atoms with E-state index in [1.54, 1.807) is 12.1 Å². The highest BCUT2D eigenvalue weighted by molar-refractivity contribution is 5.57. The van der Waals surface area contributed by atoms with Crippen LogP contribution in [0.3, 0.4) is 0 Å². The van der Waals surface area contributed by atoms with Gasteiger partial charge in [-0.05, 0) is 29.7 Å². The maximum absolute atomic E-state index is 10.4. The minimum absolute atomic E-state index is 0.233. The van der Waals surface area contributed by atoms with Crippen LogP contribution in [0.1, 0.15) is 24.5 Å². The van der Waals surface area contributed by atoms with Gasteiger partial charge in [-0.15, -0.1) is 0 Å². The molecule has 0 bridgehead atoms. The average Bonchev–Trinajstić information content (AvgIpc) is 2.10. The first kappa shape index (κ1) is 9.78. The number of rotatable bonds is 4. The van der Waals surface area contributed by atoms with Crippen LogP contribution < -0.4 is 0 Å². The minimum Gasteiger partial charge on any atom is -0.508 e. The summed E-state index contributed by atoms with van der Waals surface area (Å²) in [6.07, 6.45) is 3.28. The van der Waals surface area contributed by atoms with Crippen molar-refractivity contribution in [1.29, 1.82) is 0 Å². The van der Waals surface area contributed by atoms with E-state index in [9.17, 15) is 9.90 Å². The summed E-state index contributed by atoms with van der Waals surface area (Å²) < 4.78 is 0. The highest BCUT2D eigenvalue weighted by Crippen LogP contribution is 2.17. The first-order valence-corrected chi connectivity index (χ1v) is 4.52. The molecular weight excluding hydrogens is 164 g/mol. The molecule has 0 saturated heterocycles. The fourth-order valence-corrected chi connectivity index (χ4v) is 1.41. The number of carbonyl (C=O) groups is 1. The number of hydrogen-bond acceptors (Lipinski definition) is 2. The molecule has 0 aliphatic heterocycles. The van der Waals surface area contributed by atoms with Gasteiger partial charge in [-0.1, -0.05) is 19.4 Å². The fourth-order valence-electron chi connectivity index (χ4n) is 1.41. The molecule has 2 heteroatoms. The third-order valence-electron chi connectivity index (χ3n) is 2.01. The molecule has 0 aromatic heterocycles. The Hall–Kier alpha value is -1.31. The van der Waals surface area contributed by atoms with E-state index in [0.717, 1.165) is 30.3 Å². The molecule has 0 fully saturated rings. The van der Waals surface area contributed by atoms with E-state index < -0.39 is 0 Å². The molecule has 1 rings (SSSR count). The molecule has 1 aromatic rings. The van der Waals surface area contributed by atoms with E-state index in [0.29, 0.717) is 6.42 Å². The summed E-state index contributed by atoms with van der Waals surface area (Å²) in [5, 5.41) is 9.22. The number of benzene rings is 1. The van der Waals surface area contributed by atoms with Gasteiger partial charge in [0.1, 0.15) is 12.0 Å². The van der Waals surface area contributed by atoms with Crippen LogP contribution in [0, 0.1) is 0 Å². The molecule has 70 valence electrons. The van der Waals surface area contributed by atoms with Crippen LogP contribution in [-0.2, 0) is 17.6 Å². The zero-order chi connectivity index (χ0) is 9.68. The Balaban J connectivity index is 2.95. The van der Waals surface area contributed by atoms with Gasteiger partial charge in [0.25, 0.3) is 0 Å². The standard InChI is InChI=1S/C11H14O2/c1-2-3-9-4-5-11(13)8-10(9)6-7-12/h4-5,7-8,13H,2-3,6H2,1H3. The molecule has 0 aliphatic rings. The van der Waals surface area contributed by atoms with Crippen LogP contribution in [0.4, 0.5) is 0 Å². The first-order valence-electron chi connectivity index (χ1n) is 4.52. The van der Waals surface area contributed by atoms with Crippen molar-refractivity contribution in [2.45, 2.75) is 26.2 Å². The summed E-state index contributed by atoms with van der Waals surface area (Å²) in [6.45, 7) is 2.09. The number of aryl methyl sites for hydroxylation is 1. The summed E-state index contributed by atoms with van der Waals surface area (Å²) in [4.78, 5) is 10.4. The quantitative estimate of drug-likeness (QED) is 0.717. The third-order valence-corrected chi connectivity index (χ3v) is 2.01. The molecule has 0 radical (unpaired) electrons. The SMILES string of the molecule is CCCc1ccc(O)cc1CC=O. The second-order valence-electron chi connectivity index (χ2n) is 3.07. The maximum Gasteiger partial charge on any atom is 0.124 e. The number of aromatic hydroxyl groups is 1. The zero-order valence-electron chi connectivity index (χ0n) is 7.79. The normalized spacial score (nSPS) is 9.92. The molecule has 13 heavy (non-hydrogen) atoms. The van der Waals surface area contributed by atoms with Gasteiger partial charge in [-0.2, -0.15) is 0 Å². The van der Waals surface area contributed by atoms with Gasteiger partial charge >= 0.3 is 0 Å². The monoisotopic (exact) mass is 178 g/mol. The van der Waals surface area contributed by atoms with Crippen molar-refractivity contribution in [3.8, 4) is 5.75 Å². The topological polar surface area (TPSA) is 37.3 Å². The van der Waals surface area contributed by atoms with E-state index in [1.807, 2.05) is 6.07 Å². The Morgan fingerprint density at radius 3 is 2.77 bits per heavy atom. The van der Waals surface area contributed by atoms with Crippen LogP contribution in [0.5, 0.6) is 5.75 Å². The van der Waals surface area contributed by atoms with Crippen molar-refractivity contribution >= 4 is 6.29 Å². The van der Waals surface area contributed by atoms with E-state index in [2.05, 4.69) is 6.92 Å². The summed E-state index contributed by atoms with van der Waals surface area (Å²) in [5.41, 5.74) is 2.10. The number of carbonyl (C=O) groups excluding carboxylic acids is 1. The average molecular weight is 178 g/mol. The smallest absolute Gasteiger partial charge is 0.124 e. The van der Waals surface area contributed by atoms with Crippen LogP contribution in [0.2, 0.25) is 0 Å². The summed E-state index contributed by atoms with van der Waals surface area (Å²) in [6, 6.07) is 5.22. The lowest BCUT2D eigenvalue weighted by molar-refractivity contribution is -0.107. The highest BCUT2D eigenvalue weighted by Gasteiger charge is 2.01. The van der Waals surface area contributed by atoms with Gasteiger partial charge in [0.05, 0.1) is 0 Å². The summed E-state index contributed by atoms with van der Waals surface area (Å²) >= 11 is 0. The van der Waals surface area contributed by atoms with E-state index in [4.69, 9.17) is 0 Å². The maximum atomic E-state index is 10.4. The number of phenols is 1. The molecule has 0 spiro atoms. The Bertz CT molecular complexity index is 292. The van der Waals surface area contributed by atoms with Crippen molar-refractivity contribution in [3.05, 3.63) is 29.3 Å². The molecule has 1 aromatic carbocycles. The molecule has 0 saturated carbocycles. The zero-order valence-corrected chi connectivity index (χ0v) is 7.79. The van der Waals surface area contributed by atoms with Crippen molar-refractivity contribution in [2.75, 3.05) is 0 Å². The van der Waals surface area contributed by atoms with Gasteiger partial charge in [-0.3, -0.25) is 0 Å². The minimum atomic E-state index is 0.233. The van der Waals surface area contributed by atoms with Crippen molar-refractivity contribution in [2.24, 2.45) is 0 Å². The van der Waals surface area contributed by atoms with Gasteiger partial charge in [0.15, 0.2) is 0 Å². The predicted octanol–water partition coefficient (Wildman–Crippen LogP) is 2.09. The van der Waals surface area contributed by atoms with Gasteiger partial charge in [0, 0.05) is 6.42 Å². The van der Waals surface area contributed by atoms with Gasteiger partial charge in [0.2, 0.25) is 0 Å². The third kappa shape index (κ3) is 2.58. The first-order chi connectivity index (χ1) is 6.27. The number of aldehydes is 1. The van der Waals surface area contributed by atoms with Crippen LogP contribution in [-0.4, -0.2) is 11.4 Å². The van der Waals surface area contributed by atoms with E-state index in [1.165, 1.54) is 0 Å². The van der Waals surface area contributed by atoms with Crippen LogP contribution in [0.15, 0.2) is 18.2 Å². The van der Waals surface area contributed by atoms with Gasteiger partial charge < -0.3 is 9.90 Å². The lowest BCUT2D eigenvalue weighted by Gasteiger charge is -2.05. The lowest BCUT2D eigenvalue weighted by Crippen LogP contribution is -1.94. The summed E-state index contributed by atoms with van der Waals surface area (Å²) in [7, 11) is 0. The molecule has 0 amide bonds. The Morgan fingerprint density at radius 2 is 2.15 bits per heavy atom. The van der Waals surface area contributed by atoms with Crippen molar-refractivity contribution in [1.82, 2.24) is 0 Å². The predicted molar refractivity (Wildman–Crippen MR) is 51.9 cm³/mol. The highest BCUT2D eigenvalue weighted by atomic mass is 16.3. The second kappa shape index (κ2) is 4.65. The molecular formula is C11H14O2. The molecule has 0 atom stereocenters. The van der Waals surface area contributed by atoms with Crippen LogP contribution in [0.25, 0.3) is 0 Å². The van der Waals surface area contributed by atoms with Gasteiger partial charge in [-0.25, -0.2) is 0 Å². The molecule has 1 N–H and O–H groups in total. The van der Waals surface area contributed by atoms with Crippen LogP contribution >= 0.6 is 0 Å². The molecule has 2 nitrogen and oxygen atoms in total. The Kier molecular flexibility index (Phi) is 3.50. The largest absolute Gasteiger partial charge is 0.508 e. The molecule has 0 heterocycles. The molecule has 0 unspecified atom stereocenters. The number of hydrogen-bond donors (Lipinski definition) is 1. The Morgan fingerprint density at radius 1 is 1.38 bits per heavy atom. The molecule has 0 aliphatic carbocycles. The van der Waals surface area contributed by atoms with E-state index in [-0.39, 0.29) is 5.75 Å². The number of phenolic OH excluding ortho intramolecular Hbond substituents is 1. The second-order valence-corrected chi connectivity index (χ2v) is 3.07. The van der Waals surface area contributed by atoms with Crippen molar-refractivity contribution in [3.63, 3.8) is 0 Å². The lowest BCUT2D eigenvalue weighted by atomic mass is 10.0. The van der Waals surface area contributed by atoms with Crippen molar-refractivity contribution < 1.29 is 9.90 Å². The fraction of sp³-hybridized carbons (Fsp3) is 0.364. The van der Waals surface area contributed by atoms with E-state index >= 15 is 0 Å².